The van der Waals surface area contributed by atoms with Crippen LogP contribution in [0.4, 0.5) is 0 Å². The predicted octanol–water partition coefficient (Wildman–Crippen LogP) is 4.50. The fourth-order valence-corrected chi connectivity index (χ4v) is 2.93. The Morgan fingerprint density at radius 1 is 1.25 bits per heavy atom. The van der Waals surface area contributed by atoms with Crippen molar-refractivity contribution in [1.82, 2.24) is 5.32 Å². The van der Waals surface area contributed by atoms with Gasteiger partial charge in [-0.2, -0.15) is 0 Å². The van der Waals surface area contributed by atoms with Gasteiger partial charge in [-0.3, -0.25) is 0 Å². The smallest absolute Gasteiger partial charge is 0.122 e. The predicted molar refractivity (Wildman–Crippen MR) is 85.5 cm³/mol. The van der Waals surface area contributed by atoms with Crippen LogP contribution in [0, 0.1) is 0 Å². The second kappa shape index (κ2) is 8.31. The monoisotopic (exact) mass is 275 g/mol. The Kier molecular flexibility index (Phi) is 6.38. The molecule has 0 radical (unpaired) electrons. The van der Waals surface area contributed by atoms with Crippen LogP contribution < -0.4 is 10.1 Å². The first-order valence-corrected chi connectivity index (χ1v) is 8.26. The molecule has 20 heavy (non-hydrogen) atoms. The van der Waals surface area contributed by atoms with Gasteiger partial charge in [0.1, 0.15) is 5.75 Å². The first-order chi connectivity index (χ1) is 9.81. The number of rotatable bonds is 8. The summed E-state index contributed by atoms with van der Waals surface area (Å²) in [5, 5.41) is 3.64. The van der Waals surface area contributed by atoms with Gasteiger partial charge in [-0.1, -0.05) is 44.9 Å². The number of para-hydroxylation sites is 1. The summed E-state index contributed by atoms with van der Waals surface area (Å²) in [5.41, 5.74) is 1.35. The van der Waals surface area contributed by atoms with Crippen LogP contribution in [0.3, 0.4) is 0 Å². The Labute approximate surface area is 123 Å². The highest BCUT2D eigenvalue weighted by Gasteiger charge is 2.13. The molecule has 1 aromatic rings. The molecule has 1 aliphatic carbocycles. The molecule has 0 aromatic heterocycles. The number of benzene rings is 1. The quantitative estimate of drug-likeness (QED) is 0.705. The summed E-state index contributed by atoms with van der Waals surface area (Å²) in [7, 11) is 0. The fraction of sp³-hybridized carbons (Fsp3) is 0.667. The van der Waals surface area contributed by atoms with Crippen LogP contribution in [0.5, 0.6) is 5.75 Å². The summed E-state index contributed by atoms with van der Waals surface area (Å²) < 4.78 is 5.98. The maximum atomic E-state index is 5.98. The van der Waals surface area contributed by atoms with E-state index in [2.05, 4.69) is 43.4 Å². The Morgan fingerprint density at radius 3 is 2.75 bits per heavy atom. The molecular formula is C18H29NO. The highest BCUT2D eigenvalue weighted by atomic mass is 16.5. The van der Waals surface area contributed by atoms with E-state index in [1.807, 2.05) is 0 Å². The fourth-order valence-electron chi connectivity index (χ4n) is 2.93. The summed E-state index contributed by atoms with van der Waals surface area (Å²) in [4.78, 5) is 0. The van der Waals surface area contributed by atoms with Crippen LogP contribution in [0.2, 0.25) is 0 Å². The Morgan fingerprint density at radius 2 is 2.00 bits per heavy atom. The molecule has 0 amide bonds. The van der Waals surface area contributed by atoms with Crippen molar-refractivity contribution in [3.63, 3.8) is 0 Å². The van der Waals surface area contributed by atoms with Crippen LogP contribution in [-0.4, -0.2) is 19.2 Å². The molecule has 0 bridgehead atoms. The van der Waals surface area contributed by atoms with Crippen molar-refractivity contribution >= 4 is 0 Å². The summed E-state index contributed by atoms with van der Waals surface area (Å²) >= 11 is 0. The van der Waals surface area contributed by atoms with Crippen molar-refractivity contribution in [3.8, 4) is 5.75 Å². The zero-order valence-electron chi connectivity index (χ0n) is 13.0. The zero-order valence-corrected chi connectivity index (χ0v) is 13.0. The molecule has 2 rings (SSSR count). The highest BCUT2D eigenvalue weighted by molar-refractivity contribution is 5.35. The van der Waals surface area contributed by atoms with Gasteiger partial charge in [0.15, 0.2) is 0 Å². The third kappa shape index (κ3) is 4.52. The van der Waals surface area contributed by atoms with E-state index >= 15 is 0 Å². The molecule has 0 aliphatic heterocycles. The average molecular weight is 275 g/mol. The number of hydrogen-bond donors (Lipinski definition) is 1. The van der Waals surface area contributed by atoms with Gasteiger partial charge in [0.25, 0.3) is 0 Å². The topological polar surface area (TPSA) is 21.3 Å². The number of nitrogens with one attached hydrogen (secondary N) is 1. The molecule has 1 fully saturated rings. The average Bonchev–Trinajstić information content (AvgIpc) is 3.00. The van der Waals surface area contributed by atoms with Crippen LogP contribution in [0.15, 0.2) is 24.3 Å². The molecule has 1 aliphatic rings. The second-order valence-corrected chi connectivity index (χ2v) is 5.98. The van der Waals surface area contributed by atoms with E-state index in [0.29, 0.717) is 5.92 Å². The van der Waals surface area contributed by atoms with Crippen molar-refractivity contribution in [2.75, 3.05) is 13.2 Å². The lowest BCUT2D eigenvalue weighted by atomic mass is 9.98. The van der Waals surface area contributed by atoms with Gasteiger partial charge in [0.05, 0.1) is 6.61 Å². The number of hydrogen-bond acceptors (Lipinski definition) is 2. The van der Waals surface area contributed by atoms with Crippen molar-refractivity contribution < 1.29 is 4.74 Å². The first-order valence-electron chi connectivity index (χ1n) is 8.26. The lowest BCUT2D eigenvalue weighted by Gasteiger charge is -2.16. The van der Waals surface area contributed by atoms with Crippen molar-refractivity contribution in [1.29, 1.82) is 0 Å². The molecule has 0 saturated heterocycles. The molecule has 0 spiro atoms. The van der Waals surface area contributed by atoms with E-state index in [9.17, 15) is 0 Å². The molecule has 2 nitrogen and oxygen atoms in total. The van der Waals surface area contributed by atoms with E-state index in [0.717, 1.165) is 37.8 Å². The second-order valence-electron chi connectivity index (χ2n) is 5.98. The minimum atomic E-state index is 0.572. The van der Waals surface area contributed by atoms with E-state index in [4.69, 9.17) is 4.74 Å². The molecule has 0 heterocycles. The zero-order chi connectivity index (χ0) is 14.2. The normalized spacial score (nSPS) is 17.3. The molecule has 1 aromatic carbocycles. The van der Waals surface area contributed by atoms with Gasteiger partial charge >= 0.3 is 0 Å². The third-order valence-electron chi connectivity index (χ3n) is 4.43. The Balaban J connectivity index is 1.70. The minimum Gasteiger partial charge on any atom is -0.493 e. The van der Waals surface area contributed by atoms with Gasteiger partial charge in [-0.05, 0) is 49.8 Å². The molecule has 1 atom stereocenters. The summed E-state index contributed by atoms with van der Waals surface area (Å²) in [6.45, 7) is 6.39. The van der Waals surface area contributed by atoms with Crippen LogP contribution in [-0.2, 0) is 0 Å². The van der Waals surface area contributed by atoms with E-state index in [1.54, 1.807) is 0 Å². The van der Waals surface area contributed by atoms with Gasteiger partial charge < -0.3 is 10.1 Å². The lowest BCUT2D eigenvalue weighted by molar-refractivity contribution is 0.300. The van der Waals surface area contributed by atoms with Crippen LogP contribution in [0.1, 0.15) is 63.9 Å². The van der Waals surface area contributed by atoms with E-state index < -0.39 is 0 Å². The Bertz CT molecular complexity index is 385. The van der Waals surface area contributed by atoms with E-state index in [-0.39, 0.29) is 0 Å². The van der Waals surface area contributed by atoms with Gasteiger partial charge in [-0.25, -0.2) is 0 Å². The number of ether oxygens (including phenoxy) is 1. The van der Waals surface area contributed by atoms with Crippen molar-refractivity contribution in [2.24, 2.45) is 0 Å². The van der Waals surface area contributed by atoms with Crippen molar-refractivity contribution in [2.45, 2.75) is 64.3 Å². The molecule has 2 heteroatoms. The van der Waals surface area contributed by atoms with Gasteiger partial charge in [-0.15, -0.1) is 0 Å². The largest absolute Gasteiger partial charge is 0.493 e. The van der Waals surface area contributed by atoms with Crippen LogP contribution in [0.25, 0.3) is 0 Å². The summed E-state index contributed by atoms with van der Waals surface area (Å²) in [5.74, 6) is 1.64. The first kappa shape index (κ1) is 15.4. The molecule has 1 N–H and O–H groups in total. The third-order valence-corrected chi connectivity index (χ3v) is 4.43. The molecular weight excluding hydrogens is 246 g/mol. The van der Waals surface area contributed by atoms with Crippen molar-refractivity contribution in [3.05, 3.63) is 29.8 Å². The minimum absolute atomic E-state index is 0.572. The summed E-state index contributed by atoms with van der Waals surface area (Å²) in [6.07, 6.45) is 7.76. The maximum Gasteiger partial charge on any atom is 0.122 e. The molecule has 0 unspecified atom stereocenters. The summed E-state index contributed by atoms with van der Waals surface area (Å²) in [6, 6.07) is 9.24. The van der Waals surface area contributed by atoms with Gasteiger partial charge in [0.2, 0.25) is 0 Å². The lowest BCUT2D eigenvalue weighted by Crippen LogP contribution is -2.27. The van der Waals surface area contributed by atoms with E-state index in [1.165, 1.54) is 31.2 Å². The van der Waals surface area contributed by atoms with Gasteiger partial charge in [0, 0.05) is 6.04 Å². The van der Waals surface area contributed by atoms with Crippen LogP contribution >= 0.6 is 0 Å². The standard InChI is InChI=1S/C18H29NO/c1-3-15(2)17-11-6-7-12-18(17)20-14-8-13-19-16-9-4-5-10-16/h6-7,11-12,15-16,19H,3-5,8-10,13-14H2,1-2H3/t15-/m0/s1. The molecule has 1 saturated carbocycles. The molecule has 112 valence electrons. The Hall–Kier alpha value is -1.02. The SMILES string of the molecule is CC[C@H](C)c1ccccc1OCCCNC1CCCC1. The maximum absolute atomic E-state index is 5.98. The highest BCUT2D eigenvalue weighted by Crippen LogP contribution is 2.28.